The fourth-order valence-corrected chi connectivity index (χ4v) is 4.98. The number of benzene rings is 1. The van der Waals surface area contributed by atoms with Gasteiger partial charge in [0.1, 0.15) is 5.82 Å². The first kappa shape index (κ1) is 22.9. The van der Waals surface area contributed by atoms with Crippen LogP contribution in [0, 0.1) is 12.8 Å². The van der Waals surface area contributed by atoms with Crippen LogP contribution in [0.3, 0.4) is 0 Å². The van der Waals surface area contributed by atoms with E-state index in [1.807, 2.05) is 37.4 Å². The Balaban J connectivity index is 1.95. The molecule has 164 valence electrons. The third-order valence-electron chi connectivity index (χ3n) is 4.85. The van der Waals surface area contributed by atoms with Gasteiger partial charge < -0.3 is 9.30 Å². The molecular formula is C22H25N3O4S2. The standard InChI is InChI=1S/C22H25N3O4S2/c1-5-19-23-10-11-25(19)13-16-6-8-17(9-7-16)20-15(4)18(12-14(2)3)30-21(20)29-22(26)24-31(27)28/h6-11,14H,5,12-13H2,1-4H3. The smallest absolute Gasteiger partial charge is 0.396 e. The average molecular weight is 460 g/mol. The molecular weight excluding hydrogens is 434 g/mol. The van der Waals surface area contributed by atoms with Crippen molar-refractivity contribution < 1.29 is 17.9 Å². The minimum absolute atomic E-state index is 0.364. The second-order valence-electron chi connectivity index (χ2n) is 7.61. The van der Waals surface area contributed by atoms with Gasteiger partial charge in [0.15, 0.2) is 5.06 Å². The summed E-state index contributed by atoms with van der Waals surface area (Å²) in [5.74, 6) is 1.46. The molecule has 0 aliphatic carbocycles. The molecule has 31 heavy (non-hydrogen) atoms. The van der Waals surface area contributed by atoms with Gasteiger partial charge >= 0.3 is 16.6 Å². The molecule has 0 radical (unpaired) electrons. The third kappa shape index (κ3) is 5.68. The number of nitrogens with zero attached hydrogens (tertiary/aromatic N) is 3. The van der Waals surface area contributed by atoms with Crippen molar-refractivity contribution in [2.75, 3.05) is 0 Å². The molecule has 0 spiro atoms. The number of ether oxygens (including phenoxy) is 1. The van der Waals surface area contributed by atoms with Gasteiger partial charge in [0.2, 0.25) is 0 Å². The molecule has 0 saturated carbocycles. The Morgan fingerprint density at radius 1 is 1.26 bits per heavy atom. The van der Waals surface area contributed by atoms with E-state index in [0.29, 0.717) is 11.0 Å². The molecule has 0 aliphatic heterocycles. The number of hydrogen-bond acceptors (Lipinski definition) is 6. The van der Waals surface area contributed by atoms with E-state index < -0.39 is 16.6 Å². The monoisotopic (exact) mass is 459 g/mol. The molecule has 0 bridgehead atoms. The summed E-state index contributed by atoms with van der Waals surface area (Å²) >= 11 is 1.36. The number of aromatic nitrogens is 2. The van der Waals surface area contributed by atoms with Crippen molar-refractivity contribution in [1.29, 1.82) is 0 Å². The number of amides is 1. The first-order valence-corrected chi connectivity index (χ1v) is 11.9. The van der Waals surface area contributed by atoms with E-state index in [0.717, 1.165) is 52.3 Å². The number of rotatable bonds is 7. The van der Waals surface area contributed by atoms with Crippen LogP contribution in [0.25, 0.3) is 11.1 Å². The largest absolute Gasteiger partial charge is 0.455 e. The van der Waals surface area contributed by atoms with Gasteiger partial charge in [-0.2, -0.15) is 8.42 Å². The van der Waals surface area contributed by atoms with E-state index >= 15 is 0 Å². The molecule has 0 fully saturated rings. The topological polar surface area (TPSA) is 90.6 Å². The van der Waals surface area contributed by atoms with Crippen LogP contribution in [0.5, 0.6) is 5.06 Å². The molecule has 9 heteroatoms. The molecule has 2 heterocycles. The highest BCUT2D eigenvalue weighted by molar-refractivity contribution is 7.62. The van der Waals surface area contributed by atoms with Gasteiger partial charge in [0, 0.05) is 35.8 Å². The van der Waals surface area contributed by atoms with Crippen LogP contribution in [0.15, 0.2) is 41.0 Å². The summed E-state index contributed by atoms with van der Waals surface area (Å²) in [5, 5.41) is 0.364. The van der Waals surface area contributed by atoms with Crippen LogP contribution in [0.2, 0.25) is 0 Å². The zero-order chi connectivity index (χ0) is 22.5. The van der Waals surface area contributed by atoms with Crippen molar-refractivity contribution in [1.82, 2.24) is 9.55 Å². The summed E-state index contributed by atoms with van der Waals surface area (Å²) in [6, 6.07) is 8.06. The molecule has 0 unspecified atom stereocenters. The summed E-state index contributed by atoms with van der Waals surface area (Å²) in [7, 11) is -2.85. The molecule has 1 aromatic carbocycles. The number of imidazole rings is 1. The van der Waals surface area contributed by atoms with Gasteiger partial charge in [-0.1, -0.05) is 49.4 Å². The highest BCUT2D eigenvalue weighted by Gasteiger charge is 2.21. The summed E-state index contributed by atoms with van der Waals surface area (Å²) in [6.45, 7) is 9.04. The molecule has 3 aromatic rings. The maximum atomic E-state index is 11.9. The van der Waals surface area contributed by atoms with Crippen LogP contribution >= 0.6 is 11.3 Å². The van der Waals surface area contributed by atoms with Crippen molar-refractivity contribution in [3.05, 3.63) is 58.5 Å². The molecule has 7 nitrogen and oxygen atoms in total. The SMILES string of the molecule is CCc1nccn1Cc1ccc(-c2c(OC(=O)N=S(=O)=O)sc(CC(C)C)c2C)cc1. The Morgan fingerprint density at radius 3 is 2.58 bits per heavy atom. The van der Waals surface area contributed by atoms with Gasteiger partial charge in [-0.25, -0.2) is 9.78 Å². The highest BCUT2D eigenvalue weighted by atomic mass is 32.2. The van der Waals surface area contributed by atoms with Crippen molar-refractivity contribution in [2.24, 2.45) is 10.3 Å². The Bertz CT molecular complexity index is 1200. The maximum absolute atomic E-state index is 11.9. The summed E-state index contributed by atoms with van der Waals surface area (Å²) < 4.78 is 31.8. The van der Waals surface area contributed by atoms with Gasteiger partial charge in [-0.05, 0) is 36.0 Å². The first-order valence-electron chi connectivity index (χ1n) is 10.0. The van der Waals surface area contributed by atoms with Crippen LogP contribution in [-0.4, -0.2) is 24.1 Å². The fourth-order valence-electron chi connectivity index (χ4n) is 3.43. The minimum Gasteiger partial charge on any atom is -0.396 e. The quantitative estimate of drug-likeness (QED) is 0.479. The van der Waals surface area contributed by atoms with Crippen molar-refractivity contribution >= 4 is 27.9 Å². The lowest BCUT2D eigenvalue weighted by Crippen LogP contribution is -2.03. The molecule has 0 atom stereocenters. The Morgan fingerprint density at radius 2 is 1.97 bits per heavy atom. The number of hydrogen-bond donors (Lipinski definition) is 0. The highest BCUT2D eigenvalue weighted by Crippen LogP contribution is 2.43. The van der Waals surface area contributed by atoms with Gasteiger partial charge in [-0.15, -0.1) is 11.3 Å². The Kier molecular flexibility index (Phi) is 7.40. The van der Waals surface area contributed by atoms with E-state index in [1.165, 1.54) is 11.3 Å². The van der Waals surface area contributed by atoms with Crippen LogP contribution in [0.1, 0.15) is 42.6 Å². The maximum Gasteiger partial charge on any atom is 0.455 e. The molecule has 0 aliphatic rings. The molecule has 0 saturated heterocycles. The first-order chi connectivity index (χ1) is 14.8. The lowest BCUT2D eigenvalue weighted by Gasteiger charge is -2.09. The predicted octanol–water partition coefficient (Wildman–Crippen LogP) is 5.29. The fraction of sp³-hybridized carbons (Fsp3) is 0.364. The molecule has 1 amide bonds. The van der Waals surface area contributed by atoms with E-state index in [2.05, 4.69) is 34.7 Å². The number of aryl methyl sites for hydroxylation is 1. The van der Waals surface area contributed by atoms with E-state index in [-0.39, 0.29) is 0 Å². The van der Waals surface area contributed by atoms with Crippen LogP contribution in [-0.2, 0) is 29.9 Å². The third-order valence-corrected chi connectivity index (χ3v) is 6.34. The summed E-state index contributed by atoms with van der Waals surface area (Å²) in [5.41, 5.74) is 3.85. The molecule has 3 rings (SSSR count). The van der Waals surface area contributed by atoms with Crippen molar-refractivity contribution in [3.8, 4) is 16.2 Å². The van der Waals surface area contributed by atoms with Crippen LogP contribution < -0.4 is 4.74 Å². The average Bonchev–Trinajstić information content (AvgIpc) is 3.26. The van der Waals surface area contributed by atoms with Gasteiger partial charge in [-0.3, -0.25) is 0 Å². The second-order valence-corrected chi connectivity index (χ2v) is 9.29. The normalized spacial score (nSPS) is 11.0. The zero-order valence-electron chi connectivity index (χ0n) is 18.0. The van der Waals surface area contributed by atoms with Gasteiger partial charge in [0.05, 0.1) is 0 Å². The van der Waals surface area contributed by atoms with Gasteiger partial charge in [0.25, 0.3) is 0 Å². The van der Waals surface area contributed by atoms with E-state index in [4.69, 9.17) is 4.74 Å². The van der Waals surface area contributed by atoms with Crippen molar-refractivity contribution in [3.63, 3.8) is 0 Å². The summed E-state index contributed by atoms with van der Waals surface area (Å²) in [4.78, 5) is 17.3. The van der Waals surface area contributed by atoms with Crippen LogP contribution in [0.4, 0.5) is 4.79 Å². The van der Waals surface area contributed by atoms with E-state index in [9.17, 15) is 13.2 Å². The van der Waals surface area contributed by atoms with Crippen molar-refractivity contribution in [2.45, 2.75) is 47.1 Å². The number of carbonyl (C=O) groups excluding carboxylic acids is 1. The Labute approximate surface area is 187 Å². The lowest BCUT2D eigenvalue weighted by atomic mass is 9.99. The zero-order valence-corrected chi connectivity index (χ0v) is 19.6. The second kappa shape index (κ2) is 10.0. The molecule has 0 N–H and O–H groups in total. The molecule has 2 aromatic heterocycles. The predicted molar refractivity (Wildman–Crippen MR) is 121 cm³/mol. The van der Waals surface area contributed by atoms with E-state index in [1.54, 1.807) is 6.20 Å². The number of thiophene rings is 1. The summed E-state index contributed by atoms with van der Waals surface area (Å²) in [6.07, 6.45) is 4.33. The number of carbonyl (C=O) groups is 1. The lowest BCUT2D eigenvalue weighted by molar-refractivity contribution is 0.213. The minimum atomic E-state index is -2.85. The Hall–Kier alpha value is -2.78.